The van der Waals surface area contributed by atoms with Gasteiger partial charge in [-0.2, -0.15) is 0 Å². The van der Waals surface area contributed by atoms with Crippen molar-refractivity contribution in [2.45, 2.75) is 0 Å². The summed E-state index contributed by atoms with van der Waals surface area (Å²) in [6, 6.07) is 45.6. The van der Waals surface area contributed by atoms with Gasteiger partial charge in [-0.25, -0.2) is 0 Å². The zero-order valence-corrected chi connectivity index (χ0v) is 22.3. The molecule has 0 spiro atoms. The van der Waals surface area contributed by atoms with Gasteiger partial charge >= 0.3 is 0 Å². The van der Waals surface area contributed by atoms with Crippen molar-refractivity contribution < 1.29 is 8.98 Å². The van der Waals surface area contributed by atoms with Gasteiger partial charge in [-0.3, -0.25) is 0 Å². The van der Waals surface area contributed by atoms with E-state index in [9.17, 15) is 0 Å². The molecule has 0 radical (unpaired) electrons. The number of rotatable bonds is 2. The van der Waals surface area contributed by atoms with Crippen molar-refractivity contribution in [2.75, 3.05) is 0 Å². The van der Waals surface area contributed by atoms with Gasteiger partial charge in [0, 0.05) is 37.8 Å². The van der Waals surface area contributed by atoms with E-state index in [4.69, 9.17) is 4.42 Å². The summed E-state index contributed by atoms with van der Waals surface area (Å²) in [4.78, 5) is 0. The molecular weight excluding hydrogens is 509 g/mol. The molecular formula is C36H22NO2P. The van der Waals surface area contributed by atoms with Crippen LogP contribution in [0.1, 0.15) is 0 Å². The highest BCUT2D eigenvalue weighted by molar-refractivity contribution is 7.86. The Balaban J connectivity index is 1.47. The Hall–Kier alpha value is -4.85. The molecule has 1 aliphatic heterocycles. The minimum atomic E-state index is -3.17. The number of hydrogen-bond acceptors (Lipinski definition) is 2. The standard InChI is InChI=1S/C36H22NO2P/c38-40(24-10-2-1-3-11-24)34-17-9-6-14-27(34)29-20-19-28-25-12-4-7-15-31(25)37(35(28)36(29)40)23-18-21-33-30(22-23)26-13-5-8-16-32(26)39-33/h1-22H. The molecule has 4 heteroatoms. The van der Waals surface area contributed by atoms with Gasteiger partial charge in [0.1, 0.15) is 11.2 Å². The molecule has 9 rings (SSSR count). The van der Waals surface area contributed by atoms with Gasteiger partial charge in [0.2, 0.25) is 0 Å². The topological polar surface area (TPSA) is 35.1 Å². The molecule has 3 heterocycles. The summed E-state index contributed by atoms with van der Waals surface area (Å²) in [5.74, 6) is 0. The first-order valence-electron chi connectivity index (χ1n) is 13.5. The average molecular weight is 532 g/mol. The fourth-order valence-electron chi connectivity index (χ4n) is 6.70. The highest BCUT2D eigenvalue weighted by Crippen LogP contribution is 2.54. The fourth-order valence-corrected chi connectivity index (χ4v) is 9.95. The number of aromatic nitrogens is 1. The van der Waals surface area contributed by atoms with Gasteiger partial charge in [0.05, 0.1) is 16.3 Å². The van der Waals surface area contributed by atoms with Gasteiger partial charge in [-0.05, 0) is 41.5 Å². The highest BCUT2D eigenvalue weighted by Gasteiger charge is 2.42. The number of para-hydroxylation sites is 2. The van der Waals surface area contributed by atoms with Crippen molar-refractivity contribution in [3.8, 4) is 16.8 Å². The number of fused-ring (bicyclic) bond motifs is 10. The van der Waals surface area contributed by atoms with Crippen LogP contribution in [-0.2, 0) is 4.57 Å². The molecule has 0 N–H and O–H groups in total. The van der Waals surface area contributed by atoms with Crippen LogP contribution in [0.3, 0.4) is 0 Å². The molecule has 2 aromatic heterocycles. The SMILES string of the molecule is O=P1(c2ccccc2)c2ccccc2-c2ccc3c4ccccc4n(-c4ccc5oc6ccccc6c5c4)c3c21. The predicted octanol–water partition coefficient (Wildman–Crippen LogP) is 8.30. The van der Waals surface area contributed by atoms with Gasteiger partial charge in [0.25, 0.3) is 0 Å². The summed E-state index contributed by atoms with van der Waals surface area (Å²) in [6.07, 6.45) is 0. The molecule has 0 aliphatic carbocycles. The Bertz CT molecular complexity index is 2360. The van der Waals surface area contributed by atoms with Gasteiger partial charge in [-0.15, -0.1) is 0 Å². The van der Waals surface area contributed by atoms with Crippen LogP contribution >= 0.6 is 7.14 Å². The molecule has 0 bridgehead atoms. The van der Waals surface area contributed by atoms with Crippen LogP contribution in [0.15, 0.2) is 138 Å². The molecule has 0 saturated carbocycles. The molecule has 40 heavy (non-hydrogen) atoms. The molecule has 0 fully saturated rings. The van der Waals surface area contributed by atoms with Crippen molar-refractivity contribution in [1.82, 2.24) is 4.57 Å². The lowest BCUT2D eigenvalue weighted by molar-refractivity contribution is 0.593. The normalized spacial score (nSPS) is 16.2. The number of benzene rings is 6. The molecule has 1 atom stereocenters. The Labute approximate surface area is 230 Å². The smallest absolute Gasteiger partial charge is 0.174 e. The molecule has 0 amide bonds. The van der Waals surface area contributed by atoms with Crippen molar-refractivity contribution >= 4 is 66.8 Å². The summed E-state index contributed by atoms with van der Waals surface area (Å²) in [7, 11) is -3.17. The van der Waals surface area contributed by atoms with E-state index in [1.165, 1.54) is 0 Å². The van der Waals surface area contributed by atoms with Gasteiger partial charge < -0.3 is 13.5 Å². The van der Waals surface area contributed by atoms with Crippen LogP contribution in [0.4, 0.5) is 0 Å². The van der Waals surface area contributed by atoms with E-state index < -0.39 is 7.14 Å². The fraction of sp³-hybridized carbons (Fsp3) is 0. The Morgan fingerprint density at radius 3 is 2.17 bits per heavy atom. The second kappa shape index (κ2) is 7.85. The Morgan fingerprint density at radius 2 is 1.27 bits per heavy atom. The molecule has 0 saturated heterocycles. The second-order valence-corrected chi connectivity index (χ2v) is 13.1. The van der Waals surface area contributed by atoms with E-state index in [0.717, 1.165) is 76.5 Å². The van der Waals surface area contributed by atoms with Crippen LogP contribution in [0.25, 0.3) is 60.6 Å². The first-order chi connectivity index (χ1) is 19.7. The molecule has 6 aromatic carbocycles. The maximum Gasteiger partial charge on any atom is 0.174 e. The van der Waals surface area contributed by atoms with E-state index in [1.807, 2.05) is 66.7 Å². The van der Waals surface area contributed by atoms with Crippen molar-refractivity contribution in [3.63, 3.8) is 0 Å². The van der Waals surface area contributed by atoms with E-state index >= 15 is 4.57 Å². The lowest BCUT2D eigenvalue weighted by atomic mass is 10.0. The third-order valence-corrected chi connectivity index (χ3v) is 11.6. The van der Waals surface area contributed by atoms with Crippen molar-refractivity contribution in [1.29, 1.82) is 0 Å². The van der Waals surface area contributed by atoms with E-state index in [2.05, 4.69) is 71.3 Å². The van der Waals surface area contributed by atoms with Crippen LogP contribution in [-0.4, -0.2) is 4.57 Å². The molecule has 1 unspecified atom stereocenters. The summed E-state index contributed by atoms with van der Waals surface area (Å²) >= 11 is 0. The maximum atomic E-state index is 15.7. The largest absolute Gasteiger partial charge is 0.456 e. The van der Waals surface area contributed by atoms with Crippen LogP contribution < -0.4 is 15.9 Å². The van der Waals surface area contributed by atoms with Crippen molar-refractivity contribution in [2.24, 2.45) is 0 Å². The van der Waals surface area contributed by atoms with Crippen LogP contribution in [0, 0.1) is 0 Å². The minimum Gasteiger partial charge on any atom is -0.456 e. The lowest BCUT2D eigenvalue weighted by Gasteiger charge is -2.18. The lowest BCUT2D eigenvalue weighted by Crippen LogP contribution is -2.22. The first-order valence-corrected chi connectivity index (χ1v) is 15.2. The monoisotopic (exact) mass is 531 g/mol. The summed E-state index contributed by atoms with van der Waals surface area (Å²) in [5.41, 5.74) is 6.96. The van der Waals surface area contributed by atoms with Crippen LogP contribution in [0.2, 0.25) is 0 Å². The van der Waals surface area contributed by atoms with E-state index in [-0.39, 0.29) is 0 Å². The first kappa shape index (κ1) is 22.0. The van der Waals surface area contributed by atoms with E-state index in [0.29, 0.717) is 0 Å². The quantitative estimate of drug-likeness (QED) is 0.210. The maximum absolute atomic E-state index is 15.7. The minimum absolute atomic E-state index is 0.860. The molecule has 1 aliphatic rings. The highest BCUT2D eigenvalue weighted by atomic mass is 31.2. The number of hydrogen-bond donors (Lipinski definition) is 0. The summed E-state index contributed by atoms with van der Waals surface area (Å²) in [5, 5.41) is 7.11. The third-order valence-electron chi connectivity index (χ3n) is 8.40. The Morgan fingerprint density at radius 1 is 0.550 bits per heavy atom. The Kier molecular flexibility index (Phi) is 4.32. The second-order valence-electron chi connectivity index (χ2n) is 10.5. The summed E-state index contributed by atoms with van der Waals surface area (Å²) in [6.45, 7) is 0. The predicted molar refractivity (Wildman–Crippen MR) is 166 cm³/mol. The van der Waals surface area contributed by atoms with Crippen LogP contribution in [0.5, 0.6) is 0 Å². The summed E-state index contributed by atoms with van der Waals surface area (Å²) < 4.78 is 24.1. The zero-order valence-electron chi connectivity index (χ0n) is 21.4. The number of furan rings is 1. The van der Waals surface area contributed by atoms with Crippen molar-refractivity contribution in [3.05, 3.63) is 133 Å². The molecule has 8 aromatic rings. The average Bonchev–Trinajstić information content (AvgIpc) is 3.64. The zero-order chi connectivity index (χ0) is 26.4. The van der Waals surface area contributed by atoms with Gasteiger partial charge in [-0.1, -0.05) is 103 Å². The van der Waals surface area contributed by atoms with E-state index in [1.54, 1.807) is 0 Å². The molecule has 3 nitrogen and oxygen atoms in total. The third kappa shape index (κ3) is 2.72. The van der Waals surface area contributed by atoms with Gasteiger partial charge in [0.15, 0.2) is 7.14 Å². The molecule has 188 valence electrons. The number of nitrogens with zero attached hydrogens (tertiary/aromatic N) is 1.